The predicted octanol–water partition coefficient (Wildman–Crippen LogP) is 4.48. The number of phenols is 1. The highest BCUT2D eigenvalue weighted by Gasteiger charge is 2.26. The van der Waals surface area contributed by atoms with Gasteiger partial charge in [0, 0.05) is 19.5 Å². The topological polar surface area (TPSA) is 82.0 Å². The number of likely N-dealkylation sites (tertiary alicyclic amines) is 1. The number of carbonyl (C=O) groups excluding carboxylic acids is 1. The van der Waals surface area contributed by atoms with Gasteiger partial charge >= 0.3 is 0 Å². The van der Waals surface area contributed by atoms with Crippen molar-refractivity contribution in [3.8, 4) is 11.5 Å². The molecular formula is C26H36N2O4. The molecule has 0 unspecified atom stereocenters. The minimum atomic E-state index is -0.988. The summed E-state index contributed by atoms with van der Waals surface area (Å²) in [6.07, 6.45) is 3.88. The summed E-state index contributed by atoms with van der Waals surface area (Å²) in [6.45, 7) is 8.57. The van der Waals surface area contributed by atoms with Crippen molar-refractivity contribution in [1.82, 2.24) is 4.90 Å². The molecule has 6 heteroatoms. The van der Waals surface area contributed by atoms with E-state index in [1.807, 2.05) is 0 Å². The van der Waals surface area contributed by atoms with Gasteiger partial charge in [-0.1, -0.05) is 29.8 Å². The molecule has 0 aromatic heterocycles. The summed E-state index contributed by atoms with van der Waals surface area (Å²) in [7, 11) is 0. The molecule has 3 rings (SSSR count). The van der Waals surface area contributed by atoms with Crippen LogP contribution in [0.4, 0.5) is 5.69 Å². The molecule has 32 heavy (non-hydrogen) atoms. The zero-order valence-electron chi connectivity index (χ0n) is 19.4. The van der Waals surface area contributed by atoms with Crippen molar-refractivity contribution in [2.75, 3.05) is 25.0 Å². The average molecular weight is 441 g/mol. The summed E-state index contributed by atoms with van der Waals surface area (Å²) in [5.41, 5.74) is 2.14. The van der Waals surface area contributed by atoms with Crippen molar-refractivity contribution in [3.63, 3.8) is 0 Å². The van der Waals surface area contributed by atoms with E-state index in [1.54, 1.807) is 13.0 Å². The van der Waals surface area contributed by atoms with E-state index in [2.05, 4.69) is 41.4 Å². The summed E-state index contributed by atoms with van der Waals surface area (Å²) in [5, 5.41) is 23.3. The van der Waals surface area contributed by atoms with Crippen molar-refractivity contribution in [1.29, 1.82) is 0 Å². The number of nitrogens with one attached hydrogen (secondary N) is 1. The Kier molecular flexibility index (Phi) is 8.15. The Balaban J connectivity index is 1.43. The molecule has 2 aromatic carbocycles. The van der Waals surface area contributed by atoms with Gasteiger partial charge in [-0.15, -0.1) is 0 Å². The fourth-order valence-electron chi connectivity index (χ4n) is 4.13. The van der Waals surface area contributed by atoms with Crippen LogP contribution in [0.15, 0.2) is 42.5 Å². The van der Waals surface area contributed by atoms with E-state index in [1.165, 1.54) is 30.2 Å². The Morgan fingerprint density at radius 2 is 1.88 bits per heavy atom. The lowest BCUT2D eigenvalue weighted by Gasteiger charge is -2.33. The first-order valence-electron chi connectivity index (χ1n) is 11.4. The van der Waals surface area contributed by atoms with Crippen LogP contribution in [0.2, 0.25) is 0 Å². The lowest BCUT2D eigenvalue weighted by Crippen LogP contribution is -2.36. The molecule has 0 aliphatic carbocycles. The first-order valence-corrected chi connectivity index (χ1v) is 11.4. The number of ether oxygens (including phenoxy) is 1. The van der Waals surface area contributed by atoms with Gasteiger partial charge in [-0.25, -0.2) is 0 Å². The van der Waals surface area contributed by atoms with Crippen LogP contribution >= 0.6 is 0 Å². The number of rotatable bonds is 9. The van der Waals surface area contributed by atoms with Crippen molar-refractivity contribution in [2.24, 2.45) is 5.92 Å². The Morgan fingerprint density at radius 3 is 2.53 bits per heavy atom. The lowest BCUT2D eigenvalue weighted by molar-refractivity contribution is -0.114. The number of nitrogens with zero attached hydrogens (tertiary/aromatic N) is 1. The summed E-state index contributed by atoms with van der Waals surface area (Å²) < 4.78 is 5.78. The lowest BCUT2D eigenvalue weighted by atomic mass is 9.87. The molecule has 1 fully saturated rings. The Morgan fingerprint density at radius 1 is 1.19 bits per heavy atom. The normalized spacial score (nSPS) is 17.0. The van der Waals surface area contributed by atoms with Gasteiger partial charge in [0.1, 0.15) is 18.1 Å². The zero-order chi connectivity index (χ0) is 23.1. The van der Waals surface area contributed by atoms with E-state index >= 15 is 0 Å². The monoisotopic (exact) mass is 440 g/mol. The fourth-order valence-corrected chi connectivity index (χ4v) is 4.13. The molecule has 2 aromatic rings. The SMILES string of the molecule is CC(=O)Nc1ccc(O)cc1OC[C@@](C)(O)CCC1CCN(Cc2ccc(C)cc2)CC1. The number of phenolic OH excluding ortho intramolecular Hbond substituents is 1. The number of aryl methyl sites for hydroxylation is 1. The Hall–Kier alpha value is -2.57. The number of hydrogen-bond acceptors (Lipinski definition) is 5. The van der Waals surface area contributed by atoms with E-state index in [0.717, 1.165) is 38.9 Å². The molecule has 6 nitrogen and oxygen atoms in total. The van der Waals surface area contributed by atoms with E-state index in [4.69, 9.17) is 4.74 Å². The molecule has 1 atom stereocenters. The van der Waals surface area contributed by atoms with Crippen LogP contribution in [0.1, 0.15) is 50.7 Å². The van der Waals surface area contributed by atoms with E-state index in [0.29, 0.717) is 23.8 Å². The third-order valence-corrected chi connectivity index (χ3v) is 6.14. The Labute approximate surface area is 191 Å². The largest absolute Gasteiger partial charge is 0.508 e. The van der Waals surface area contributed by atoms with E-state index in [-0.39, 0.29) is 18.3 Å². The summed E-state index contributed by atoms with van der Waals surface area (Å²) >= 11 is 0. The molecule has 1 aliphatic heterocycles. The van der Waals surface area contributed by atoms with Gasteiger partial charge < -0.3 is 20.3 Å². The van der Waals surface area contributed by atoms with Crippen molar-refractivity contribution >= 4 is 11.6 Å². The molecule has 0 bridgehead atoms. The number of hydrogen-bond donors (Lipinski definition) is 3. The molecule has 1 amide bonds. The second-order valence-corrected chi connectivity index (χ2v) is 9.39. The zero-order valence-corrected chi connectivity index (χ0v) is 19.4. The summed E-state index contributed by atoms with van der Waals surface area (Å²) in [4.78, 5) is 13.9. The van der Waals surface area contributed by atoms with Crippen LogP contribution < -0.4 is 10.1 Å². The van der Waals surface area contributed by atoms with Crippen LogP contribution in [-0.4, -0.2) is 46.3 Å². The molecule has 0 spiro atoms. The van der Waals surface area contributed by atoms with Crippen molar-refractivity contribution in [2.45, 2.75) is 58.6 Å². The fraction of sp³-hybridized carbons (Fsp3) is 0.500. The van der Waals surface area contributed by atoms with Gasteiger partial charge in [-0.3, -0.25) is 9.69 Å². The highest BCUT2D eigenvalue weighted by Crippen LogP contribution is 2.31. The van der Waals surface area contributed by atoms with Crippen LogP contribution in [0.3, 0.4) is 0 Å². The van der Waals surface area contributed by atoms with Gasteiger partial charge in [0.15, 0.2) is 0 Å². The molecule has 1 saturated heterocycles. The molecular weight excluding hydrogens is 404 g/mol. The third-order valence-electron chi connectivity index (χ3n) is 6.14. The molecule has 3 N–H and O–H groups in total. The van der Waals surface area contributed by atoms with E-state index < -0.39 is 5.60 Å². The number of amides is 1. The summed E-state index contributed by atoms with van der Waals surface area (Å²) in [6, 6.07) is 13.3. The molecule has 174 valence electrons. The van der Waals surface area contributed by atoms with Crippen LogP contribution in [-0.2, 0) is 11.3 Å². The third kappa shape index (κ3) is 7.53. The van der Waals surface area contributed by atoms with Crippen LogP contribution in [0, 0.1) is 12.8 Å². The number of carbonyl (C=O) groups is 1. The maximum absolute atomic E-state index is 11.4. The molecule has 0 saturated carbocycles. The number of aromatic hydroxyl groups is 1. The Bertz CT molecular complexity index is 887. The number of benzene rings is 2. The van der Waals surface area contributed by atoms with Gasteiger partial charge in [0.2, 0.25) is 5.91 Å². The molecule has 0 radical (unpaired) electrons. The average Bonchev–Trinajstić information content (AvgIpc) is 2.75. The van der Waals surface area contributed by atoms with Crippen molar-refractivity contribution in [3.05, 3.63) is 53.6 Å². The van der Waals surface area contributed by atoms with Gasteiger partial charge in [-0.05, 0) is 76.2 Å². The number of piperidine rings is 1. The minimum Gasteiger partial charge on any atom is -0.508 e. The maximum Gasteiger partial charge on any atom is 0.221 e. The highest BCUT2D eigenvalue weighted by atomic mass is 16.5. The maximum atomic E-state index is 11.4. The number of aliphatic hydroxyl groups is 1. The predicted molar refractivity (Wildman–Crippen MR) is 127 cm³/mol. The van der Waals surface area contributed by atoms with Crippen LogP contribution in [0.25, 0.3) is 0 Å². The smallest absolute Gasteiger partial charge is 0.221 e. The van der Waals surface area contributed by atoms with Gasteiger partial charge in [-0.2, -0.15) is 0 Å². The molecule has 1 aliphatic rings. The first kappa shape index (κ1) is 24.1. The van der Waals surface area contributed by atoms with Crippen molar-refractivity contribution < 1.29 is 19.7 Å². The number of anilines is 1. The van der Waals surface area contributed by atoms with Crippen LogP contribution in [0.5, 0.6) is 11.5 Å². The summed E-state index contributed by atoms with van der Waals surface area (Å²) in [5.74, 6) is 0.781. The second kappa shape index (κ2) is 10.8. The van der Waals surface area contributed by atoms with Gasteiger partial charge in [0.25, 0.3) is 0 Å². The quantitative estimate of drug-likeness (QED) is 0.501. The van der Waals surface area contributed by atoms with E-state index in [9.17, 15) is 15.0 Å². The first-order chi connectivity index (χ1) is 15.2. The van der Waals surface area contributed by atoms with Gasteiger partial charge in [0.05, 0.1) is 11.3 Å². The minimum absolute atomic E-state index is 0.0474. The molecule has 1 heterocycles. The second-order valence-electron chi connectivity index (χ2n) is 9.39. The standard InChI is InChI=1S/C26H36N2O4/c1-19-4-6-22(7-5-19)17-28-14-11-21(12-15-28)10-13-26(3,31)18-32-25-16-23(30)8-9-24(25)27-20(2)29/h4-9,16,21,30-31H,10-15,17-18H2,1-3H3,(H,27,29)/t26-/m0/s1. The highest BCUT2D eigenvalue weighted by molar-refractivity contribution is 5.90.